The second-order valence-electron chi connectivity index (χ2n) is 7.18. The van der Waals surface area contributed by atoms with Gasteiger partial charge in [-0.1, -0.05) is 31.2 Å². The van der Waals surface area contributed by atoms with E-state index in [1.807, 2.05) is 41.3 Å². The molecule has 0 radical (unpaired) electrons. The summed E-state index contributed by atoms with van der Waals surface area (Å²) in [4.78, 5) is 16.6. The Morgan fingerprint density at radius 3 is 2.69 bits per heavy atom. The topological polar surface area (TPSA) is 63.3 Å². The number of fused-ring (bicyclic) bond motifs is 1. The van der Waals surface area contributed by atoms with E-state index in [1.54, 1.807) is 0 Å². The second-order valence-corrected chi connectivity index (χ2v) is 7.18. The van der Waals surface area contributed by atoms with Gasteiger partial charge in [0.25, 0.3) is 0 Å². The van der Waals surface area contributed by atoms with Crippen LogP contribution in [0.1, 0.15) is 18.1 Å². The first-order valence-corrected chi connectivity index (χ1v) is 10.1. The van der Waals surface area contributed by atoms with E-state index in [0.717, 1.165) is 48.9 Å². The number of benzene rings is 2. The first-order chi connectivity index (χ1) is 14.2. The summed E-state index contributed by atoms with van der Waals surface area (Å²) in [5, 5.41) is 2.86. The average Bonchev–Trinajstić information content (AvgIpc) is 3.22. The molecule has 7 nitrogen and oxygen atoms in total. The molecule has 2 aliphatic heterocycles. The minimum atomic E-state index is -0.0818. The SMILES string of the molecule is CCc1ccccc1OCNC(=O)N1CCN(Cc2ccc3c(c2)OCO3)CC1. The summed E-state index contributed by atoms with van der Waals surface area (Å²) in [6, 6.07) is 13.9. The van der Waals surface area contributed by atoms with Gasteiger partial charge in [0.05, 0.1) is 0 Å². The van der Waals surface area contributed by atoms with Gasteiger partial charge < -0.3 is 24.4 Å². The molecule has 1 N–H and O–H groups in total. The number of amides is 2. The molecule has 0 unspecified atom stereocenters. The molecule has 2 aromatic rings. The normalized spacial score (nSPS) is 16.0. The molecule has 2 heterocycles. The van der Waals surface area contributed by atoms with Gasteiger partial charge in [-0.25, -0.2) is 4.79 Å². The number of urea groups is 1. The van der Waals surface area contributed by atoms with Crippen molar-refractivity contribution in [1.29, 1.82) is 0 Å². The van der Waals surface area contributed by atoms with Crippen molar-refractivity contribution in [2.45, 2.75) is 19.9 Å². The molecule has 154 valence electrons. The van der Waals surface area contributed by atoms with E-state index in [4.69, 9.17) is 14.2 Å². The minimum absolute atomic E-state index is 0.0818. The van der Waals surface area contributed by atoms with Gasteiger partial charge in [0.2, 0.25) is 6.79 Å². The van der Waals surface area contributed by atoms with Crippen LogP contribution in [0.3, 0.4) is 0 Å². The van der Waals surface area contributed by atoms with E-state index >= 15 is 0 Å². The number of nitrogens with one attached hydrogen (secondary N) is 1. The fraction of sp³-hybridized carbons (Fsp3) is 0.409. The van der Waals surface area contributed by atoms with E-state index in [-0.39, 0.29) is 12.8 Å². The molecule has 0 saturated carbocycles. The highest BCUT2D eigenvalue weighted by atomic mass is 16.7. The Morgan fingerprint density at radius 1 is 1.07 bits per heavy atom. The third-order valence-corrected chi connectivity index (χ3v) is 5.31. The molecule has 2 amide bonds. The highest BCUT2D eigenvalue weighted by molar-refractivity contribution is 5.74. The van der Waals surface area contributed by atoms with E-state index in [2.05, 4.69) is 23.2 Å². The van der Waals surface area contributed by atoms with Crippen molar-refractivity contribution < 1.29 is 19.0 Å². The number of piperazine rings is 1. The Morgan fingerprint density at radius 2 is 1.86 bits per heavy atom. The smallest absolute Gasteiger partial charge is 0.320 e. The molecule has 0 spiro atoms. The lowest BCUT2D eigenvalue weighted by atomic mass is 10.1. The van der Waals surface area contributed by atoms with Crippen LogP contribution in [0.15, 0.2) is 42.5 Å². The molecule has 0 bridgehead atoms. The highest BCUT2D eigenvalue weighted by Gasteiger charge is 2.22. The van der Waals surface area contributed by atoms with E-state index < -0.39 is 0 Å². The van der Waals surface area contributed by atoms with Crippen LogP contribution in [0.2, 0.25) is 0 Å². The molecule has 0 atom stereocenters. The van der Waals surface area contributed by atoms with Gasteiger partial charge in [-0.15, -0.1) is 0 Å². The summed E-state index contributed by atoms with van der Waals surface area (Å²) in [7, 11) is 0. The van der Waals surface area contributed by atoms with E-state index in [1.165, 1.54) is 5.56 Å². The van der Waals surface area contributed by atoms with Crippen LogP contribution in [0, 0.1) is 0 Å². The predicted octanol–water partition coefficient (Wildman–Crippen LogP) is 2.84. The number of carbonyl (C=O) groups excluding carboxylic acids is 1. The van der Waals surface area contributed by atoms with Gasteiger partial charge in [-0.3, -0.25) is 4.90 Å². The molecule has 1 fully saturated rings. The zero-order chi connectivity index (χ0) is 20.1. The number of hydrogen-bond donors (Lipinski definition) is 1. The van der Waals surface area contributed by atoms with Crippen molar-refractivity contribution in [1.82, 2.24) is 15.1 Å². The van der Waals surface area contributed by atoms with Gasteiger partial charge in [0.15, 0.2) is 18.2 Å². The van der Waals surface area contributed by atoms with Crippen molar-refractivity contribution in [3.63, 3.8) is 0 Å². The summed E-state index contributed by atoms with van der Waals surface area (Å²) in [5.74, 6) is 2.44. The third-order valence-electron chi connectivity index (χ3n) is 5.31. The molecular weight excluding hydrogens is 370 g/mol. The zero-order valence-electron chi connectivity index (χ0n) is 16.7. The molecule has 0 aliphatic carbocycles. The van der Waals surface area contributed by atoms with Gasteiger partial charge in [0, 0.05) is 32.7 Å². The van der Waals surface area contributed by atoms with Crippen LogP contribution in [0.5, 0.6) is 17.2 Å². The molecule has 1 saturated heterocycles. The van der Waals surface area contributed by atoms with Crippen molar-refractivity contribution in [2.75, 3.05) is 39.7 Å². The monoisotopic (exact) mass is 397 g/mol. The van der Waals surface area contributed by atoms with Crippen LogP contribution < -0.4 is 19.5 Å². The lowest BCUT2D eigenvalue weighted by Gasteiger charge is -2.34. The number of para-hydroxylation sites is 1. The van der Waals surface area contributed by atoms with Crippen molar-refractivity contribution >= 4 is 6.03 Å². The fourth-order valence-electron chi connectivity index (χ4n) is 3.63. The van der Waals surface area contributed by atoms with E-state index in [0.29, 0.717) is 19.9 Å². The van der Waals surface area contributed by atoms with Gasteiger partial charge >= 0.3 is 6.03 Å². The minimum Gasteiger partial charge on any atom is -0.473 e. The zero-order valence-corrected chi connectivity index (χ0v) is 16.7. The number of nitrogens with zero attached hydrogens (tertiary/aromatic N) is 2. The molecule has 29 heavy (non-hydrogen) atoms. The van der Waals surface area contributed by atoms with Crippen LogP contribution in [0.4, 0.5) is 4.79 Å². The summed E-state index contributed by atoms with van der Waals surface area (Å²) in [5.41, 5.74) is 2.33. The van der Waals surface area contributed by atoms with Gasteiger partial charge in [0.1, 0.15) is 5.75 Å². The molecule has 2 aromatic carbocycles. The number of carbonyl (C=O) groups is 1. The molecule has 0 aromatic heterocycles. The number of aryl methyl sites for hydroxylation is 1. The summed E-state index contributed by atoms with van der Waals surface area (Å²) in [6.45, 7) is 6.45. The summed E-state index contributed by atoms with van der Waals surface area (Å²) in [6.07, 6.45) is 0.898. The number of hydrogen-bond acceptors (Lipinski definition) is 5. The van der Waals surface area contributed by atoms with Crippen molar-refractivity contribution in [2.24, 2.45) is 0 Å². The Bertz CT molecular complexity index is 850. The predicted molar refractivity (Wildman–Crippen MR) is 109 cm³/mol. The van der Waals surface area contributed by atoms with Crippen LogP contribution in [-0.2, 0) is 13.0 Å². The maximum Gasteiger partial charge on any atom is 0.320 e. The summed E-state index contributed by atoms with van der Waals surface area (Å²) >= 11 is 0. The molecule has 4 rings (SSSR count). The van der Waals surface area contributed by atoms with Crippen LogP contribution >= 0.6 is 0 Å². The van der Waals surface area contributed by atoms with Crippen molar-refractivity contribution in [3.05, 3.63) is 53.6 Å². The average molecular weight is 397 g/mol. The first kappa shape index (κ1) is 19.4. The van der Waals surface area contributed by atoms with Crippen LogP contribution in [-0.4, -0.2) is 55.5 Å². The number of ether oxygens (including phenoxy) is 3. The Labute approximate surface area is 171 Å². The maximum absolute atomic E-state index is 12.4. The quantitative estimate of drug-likeness (QED) is 0.760. The molecule has 2 aliphatic rings. The Hall–Kier alpha value is -2.93. The Kier molecular flexibility index (Phi) is 6.05. The second kappa shape index (κ2) is 9.05. The van der Waals surface area contributed by atoms with Gasteiger partial charge in [-0.05, 0) is 35.7 Å². The summed E-state index contributed by atoms with van der Waals surface area (Å²) < 4.78 is 16.5. The third kappa shape index (κ3) is 4.74. The lowest BCUT2D eigenvalue weighted by molar-refractivity contribution is 0.130. The largest absolute Gasteiger partial charge is 0.473 e. The fourth-order valence-corrected chi connectivity index (χ4v) is 3.63. The molecular formula is C22H27N3O4. The highest BCUT2D eigenvalue weighted by Crippen LogP contribution is 2.32. The first-order valence-electron chi connectivity index (χ1n) is 10.1. The van der Waals surface area contributed by atoms with Gasteiger partial charge in [-0.2, -0.15) is 0 Å². The number of rotatable bonds is 6. The Balaban J connectivity index is 1.20. The van der Waals surface area contributed by atoms with E-state index in [9.17, 15) is 4.79 Å². The molecule has 7 heteroatoms. The van der Waals surface area contributed by atoms with Crippen LogP contribution in [0.25, 0.3) is 0 Å². The standard InChI is InChI=1S/C22H27N3O4/c1-2-18-5-3-4-6-19(18)27-15-23-22(26)25-11-9-24(10-12-25)14-17-7-8-20-21(13-17)29-16-28-20/h3-8,13H,2,9-12,14-16H2,1H3,(H,23,26). The lowest BCUT2D eigenvalue weighted by Crippen LogP contribution is -2.51. The van der Waals surface area contributed by atoms with Crippen molar-refractivity contribution in [3.8, 4) is 17.2 Å². The maximum atomic E-state index is 12.4.